The molecule has 2 atom stereocenters. The second-order valence-electron chi connectivity index (χ2n) is 5.38. The molecule has 1 fully saturated rings. The van der Waals surface area contributed by atoms with E-state index >= 15 is 0 Å². The molecule has 1 nitrogen and oxygen atoms in total. The van der Waals surface area contributed by atoms with Gasteiger partial charge in [0, 0.05) is 22.3 Å². The summed E-state index contributed by atoms with van der Waals surface area (Å²) in [5.74, 6) is 0.906. The van der Waals surface area contributed by atoms with Gasteiger partial charge in [-0.15, -0.1) is 11.3 Å². The van der Waals surface area contributed by atoms with Gasteiger partial charge >= 0.3 is 0 Å². The van der Waals surface area contributed by atoms with Crippen LogP contribution in [0.4, 0.5) is 0 Å². The molecule has 1 saturated carbocycles. The molecule has 2 heteroatoms. The first kappa shape index (κ1) is 13.1. The van der Waals surface area contributed by atoms with Crippen LogP contribution in [0, 0.1) is 19.8 Å². The van der Waals surface area contributed by atoms with Gasteiger partial charge in [-0.3, -0.25) is 0 Å². The maximum absolute atomic E-state index is 3.80. The van der Waals surface area contributed by atoms with E-state index in [1.807, 2.05) is 11.3 Å². The van der Waals surface area contributed by atoms with Crippen molar-refractivity contribution in [1.82, 2.24) is 5.32 Å². The Bertz CT molecular complexity index is 356. The van der Waals surface area contributed by atoms with Gasteiger partial charge in [0.1, 0.15) is 0 Å². The van der Waals surface area contributed by atoms with E-state index in [-0.39, 0.29) is 0 Å². The van der Waals surface area contributed by atoms with E-state index in [1.165, 1.54) is 47.4 Å². The fraction of sp³-hybridized carbons (Fsp3) is 0.733. The Hall–Kier alpha value is -0.340. The van der Waals surface area contributed by atoms with Gasteiger partial charge in [-0.2, -0.15) is 0 Å². The van der Waals surface area contributed by atoms with E-state index in [0.717, 1.165) is 18.5 Å². The third-order valence-electron chi connectivity index (χ3n) is 4.13. The highest BCUT2D eigenvalue weighted by Crippen LogP contribution is 2.27. The third-order valence-corrected chi connectivity index (χ3v) is 5.14. The summed E-state index contributed by atoms with van der Waals surface area (Å²) in [5, 5.41) is 3.80. The van der Waals surface area contributed by atoms with Crippen molar-refractivity contribution in [2.24, 2.45) is 5.92 Å². The van der Waals surface area contributed by atoms with Gasteiger partial charge in [0.15, 0.2) is 0 Å². The Morgan fingerprint density at radius 2 is 2.06 bits per heavy atom. The Labute approximate surface area is 110 Å². The average Bonchev–Trinajstić information content (AvgIpc) is 2.65. The Balaban J connectivity index is 1.90. The minimum Gasteiger partial charge on any atom is -0.310 e. The maximum atomic E-state index is 3.80. The second kappa shape index (κ2) is 6.01. The largest absolute Gasteiger partial charge is 0.310 e. The molecule has 2 unspecified atom stereocenters. The van der Waals surface area contributed by atoms with Gasteiger partial charge < -0.3 is 5.32 Å². The van der Waals surface area contributed by atoms with Crippen LogP contribution in [-0.2, 0) is 6.54 Å². The summed E-state index contributed by atoms with van der Waals surface area (Å²) in [7, 11) is 0. The normalized spacial score (nSPS) is 25.1. The molecule has 17 heavy (non-hydrogen) atoms. The lowest BCUT2D eigenvalue weighted by atomic mass is 9.83. The molecular formula is C15H25NS. The monoisotopic (exact) mass is 251 g/mol. The smallest absolute Gasteiger partial charge is 0.0219 e. The van der Waals surface area contributed by atoms with Gasteiger partial charge in [0.05, 0.1) is 0 Å². The van der Waals surface area contributed by atoms with Crippen LogP contribution in [0.5, 0.6) is 0 Å². The summed E-state index contributed by atoms with van der Waals surface area (Å²) in [6, 6.07) is 3.10. The molecule has 0 aromatic carbocycles. The summed E-state index contributed by atoms with van der Waals surface area (Å²) in [4.78, 5) is 2.92. The zero-order chi connectivity index (χ0) is 12.3. The first-order valence-corrected chi connectivity index (χ1v) is 7.81. The van der Waals surface area contributed by atoms with Crippen LogP contribution in [0.15, 0.2) is 6.07 Å². The summed E-state index contributed by atoms with van der Waals surface area (Å²) in [6.45, 7) is 7.85. The van der Waals surface area contributed by atoms with Crippen molar-refractivity contribution in [3.8, 4) is 0 Å². The topological polar surface area (TPSA) is 12.0 Å². The summed E-state index contributed by atoms with van der Waals surface area (Å²) in [6.07, 6.45) is 6.99. The molecule has 1 heterocycles. The first-order valence-electron chi connectivity index (χ1n) is 7.00. The molecule has 1 N–H and O–H groups in total. The van der Waals surface area contributed by atoms with Gasteiger partial charge in [0.25, 0.3) is 0 Å². The molecule has 96 valence electrons. The second-order valence-corrected chi connectivity index (χ2v) is 6.84. The van der Waals surface area contributed by atoms with Crippen molar-refractivity contribution in [3.05, 3.63) is 21.4 Å². The Morgan fingerprint density at radius 3 is 2.71 bits per heavy atom. The van der Waals surface area contributed by atoms with Crippen LogP contribution in [0.2, 0.25) is 0 Å². The number of nitrogens with one attached hydrogen (secondary N) is 1. The minimum absolute atomic E-state index is 0.758. The number of thiophene rings is 1. The maximum Gasteiger partial charge on any atom is 0.0219 e. The average molecular weight is 251 g/mol. The van der Waals surface area contributed by atoms with E-state index in [2.05, 4.69) is 32.2 Å². The standard InChI is InChI=1S/C15H25NS/c1-4-13-7-5-6-8-15(13)16-10-14-9-11(2)17-12(14)3/h9,13,15-16H,4-8,10H2,1-3H3. The number of hydrogen-bond acceptors (Lipinski definition) is 2. The zero-order valence-corrected chi connectivity index (χ0v) is 12.2. The number of rotatable bonds is 4. The first-order chi connectivity index (χ1) is 8.20. The van der Waals surface area contributed by atoms with E-state index in [4.69, 9.17) is 0 Å². The van der Waals surface area contributed by atoms with Crippen molar-refractivity contribution >= 4 is 11.3 Å². The molecule has 1 aromatic rings. The van der Waals surface area contributed by atoms with Crippen LogP contribution < -0.4 is 5.32 Å². The van der Waals surface area contributed by atoms with Crippen molar-refractivity contribution in [1.29, 1.82) is 0 Å². The van der Waals surface area contributed by atoms with E-state index in [0.29, 0.717) is 0 Å². The number of aryl methyl sites for hydroxylation is 2. The highest BCUT2D eigenvalue weighted by Gasteiger charge is 2.23. The lowest BCUT2D eigenvalue weighted by Crippen LogP contribution is -2.37. The lowest BCUT2D eigenvalue weighted by Gasteiger charge is -2.31. The molecule has 0 saturated heterocycles. The van der Waals surface area contributed by atoms with Crippen molar-refractivity contribution in [2.45, 2.75) is 65.5 Å². The molecule has 0 radical (unpaired) electrons. The van der Waals surface area contributed by atoms with E-state index < -0.39 is 0 Å². The molecule has 1 aliphatic carbocycles. The quantitative estimate of drug-likeness (QED) is 0.835. The molecule has 0 aliphatic heterocycles. The van der Waals surface area contributed by atoms with Crippen LogP contribution in [-0.4, -0.2) is 6.04 Å². The molecule has 0 bridgehead atoms. The van der Waals surface area contributed by atoms with Crippen LogP contribution in [0.1, 0.15) is 54.3 Å². The molecule has 0 spiro atoms. The molecule has 1 aromatic heterocycles. The minimum atomic E-state index is 0.758. The van der Waals surface area contributed by atoms with Crippen LogP contribution in [0.3, 0.4) is 0 Å². The fourth-order valence-corrected chi connectivity index (χ4v) is 4.01. The predicted molar refractivity (Wildman–Crippen MR) is 76.7 cm³/mol. The van der Waals surface area contributed by atoms with E-state index in [1.54, 1.807) is 0 Å². The predicted octanol–water partition coefficient (Wildman–Crippen LogP) is 4.42. The molecule has 0 amide bonds. The van der Waals surface area contributed by atoms with Crippen molar-refractivity contribution < 1.29 is 0 Å². The summed E-state index contributed by atoms with van der Waals surface area (Å²) < 4.78 is 0. The van der Waals surface area contributed by atoms with Gasteiger partial charge in [-0.05, 0) is 44.2 Å². The van der Waals surface area contributed by atoms with Crippen LogP contribution >= 0.6 is 11.3 Å². The zero-order valence-electron chi connectivity index (χ0n) is 11.4. The number of hydrogen-bond donors (Lipinski definition) is 1. The Morgan fingerprint density at radius 1 is 1.29 bits per heavy atom. The molecular weight excluding hydrogens is 226 g/mol. The van der Waals surface area contributed by atoms with Crippen molar-refractivity contribution in [2.75, 3.05) is 0 Å². The van der Waals surface area contributed by atoms with Gasteiger partial charge in [-0.1, -0.05) is 26.2 Å². The highest BCUT2D eigenvalue weighted by molar-refractivity contribution is 7.12. The molecule has 2 rings (SSSR count). The SMILES string of the molecule is CCC1CCCCC1NCc1cc(C)sc1C. The third kappa shape index (κ3) is 3.32. The Kier molecular flexibility index (Phi) is 4.63. The molecule has 1 aliphatic rings. The van der Waals surface area contributed by atoms with Crippen molar-refractivity contribution in [3.63, 3.8) is 0 Å². The summed E-state index contributed by atoms with van der Waals surface area (Å²) >= 11 is 1.92. The van der Waals surface area contributed by atoms with E-state index in [9.17, 15) is 0 Å². The van der Waals surface area contributed by atoms with Gasteiger partial charge in [0.2, 0.25) is 0 Å². The summed E-state index contributed by atoms with van der Waals surface area (Å²) in [5.41, 5.74) is 1.51. The highest BCUT2D eigenvalue weighted by atomic mass is 32.1. The fourth-order valence-electron chi connectivity index (χ4n) is 3.07. The van der Waals surface area contributed by atoms with Gasteiger partial charge in [-0.25, -0.2) is 0 Å². The van der Waals surface area contributed by atoms with Crippen LogP contribution in [0.25, 0.3) is 0 Å². The lowest BCUT2D eigenvalue weighted by molar-refractivity contribution is 0.254.